The fourth-order valence-corrected chi connectivity index (χ4v) is 3.44. The SMILES string of the molecule is CC(=O)OCc1nc(-c2ccnc(Nc3cc(C)cc(C)c3)n2)sc1C. The van der Waals surface area contributed by atoms with Gasteiger partial charge in [-0.25, -0.2) is 15.0 Å². The van der Waals surface area contributed by atoms with E-state index in [1.165, 1.54) is 29.4 Å². The van der Waals surface area contributed by atoms with Gasteiger partial charge in [0.05, 0.1) is 5.69 Å². The Morgan fingerprint density at radius 1 is 1.15 bits per heavy atom. The number of nitrogens with zero attached hydrogens (tertiary/aromatic N) is 3. The molecule has 3 aromatic rings. The lowest BCUT2D eigenvalue weighted by atomic mass is 10.1. The van der Waals surface area contributed by atoms with Crippen LogP contribution in [0.1, 0.15) is 28.6 Å². The lowest BCUT2D eigenvalue weighted by molar-refractivity contribution is -0.142. The first-order valence-electron chi connectivity index (χ1n) is 8.19. The van der Waals surface area contributed by atoms with Crippen molar-refractivity contribution in [1.29, 1.82) is 0 Å². The minimum atomic E-state index is -0.319. The van der Waals surface area contributed by atoms with Crippen molar-refractivity contribution in [3.63, 3.8) is 0 Å². The first-order valence-corrected chi connectivity index (χ1v) is 9.01. The maximum absolute atomic E-state index is 11.0. The van der Waals surface area contributed by atoms with E-state index in [9.17, 15) is 4.79 Å². The average Bonchev–Trinajstić information content (AvgIpc) is 2.93. The second kappa shape index (κ2) is 7.61. The number of benzene rings is 1. The molecule has 0 spiro atoms. The Labute approximate surface area is 156 Å². The Balaban J connectivity index is 1.83. The van der Waals surface area contributed by atoms with Crippen molar-refractivity contribution in [2.24, 2.45) is 0 Å². The Hall–Kier alpha value is -2.80. The lowest BCUT2D eigenvalue weighted by Crippen LogP contribution is -2.00. The third kappa shape index (κ3) is 4.43. The molecule has 2 heterocycles. The van der Waals surface area contributed by atoms with Gasteiger partial charge in [-0.2, -0.15) is 0 Å². The zero-order valence-corrected chi connectivity index (χ0v) is 16.0. The number of aromatic nitrogens is 3. The average molecular weight is 368 g/mol. The zero-order chi connectivity index (χ0) is 18.7. The first kappa shape index (κ1) is 18.0. The van der Waals surface area contributed by atoms with Gasteiger partial charge < -0.3 is 10.1 Å². The van der Waals surface area contributed by atoms with Gasteiger partial charge in [-0.05, 0) is 50.1 Å². The quantitative estimate of drug-likeness (QED) is 0.675. The molecule has 1 aromatic carbocycles. The third-order valence-electron chi connectivity index (χ3n) is 3.66. The number of anilines is 2. The largest absolute Gasteiger partial charge is 0.459 e. The van der Waals surface area contributed by atoms with E-state index in [1.54, 1.807) is 6.20 Å². The number of nitrogens with one attached hydrogen (secondary N) is 1. The van der Waals surface area contributed by atoms with E-state index in [0.717, 1.165) is 27.0 Å². The highest BCUT2D eigenvalue weighted by Crippen LogP contribution is 2.27. The summed E-state index contributed by atoms with van der Waals surface area (Å²) < 4.78 is 5.04. The molecular weight excluding hydrogens is 348 g/mol. The monoisotopic (exact) mass is 368 g/mol. The van der Waals surface area contributed by atoms with Gasteiger partial charge in [-0.3, -0.25) is 4.79 Å². The molecule has 0 bridgehead atoms. The van der Waals surface area contributed by atoms with Gasteiger partial charge in [0.1, 0.15) is 17.3 Å². The van der Waals surface area contributed by atoms with Crippen LogP contribution >= 0.6 is 11.3 Å². The molecule has 0 saturated heterocycles. The van der Waals surface area contributed by atoms with Crippen LogP contribution in [0.2, 0.25) is 0 Å². The van der Waals surface area contributed by atoms with Gasteiger partial charge in [-0.15, -0.1) is 11.3 Å². The van der Waals surface area contributed by atoms with Crippen LogP contribution in [0, 0.1) is 20.8 Å². The predicted molar refractivity (Wildman–Crippen MR) is 103 cm³/mol. The number of carbonyl (C=O) groups excluding carboxylic acids is 1. The van der Waals surface area contributed by atoms with Crippen molar-refractivity contribution in [3.05, 3.63) is 52.2 Å². The highest BCUT2D eigenvalue weighted by molar-refractivity contribution is 7.15. The number of carbonyl (C=O) groups is 1. The van der Waals surface area contributed by atoms with Gasteiger partial charge in [-0.1, -0.05) is 6.07 Å². The molecule has 0 aliphatic carbocycles. The number of hydrogen-bond acceptors (Lipinski definition) is 7. The van der Waals surface area contributed by atoms with Crippen LogP contribution in [0.4, 0.5) is 11.6 Å². The molecular formula is C19H20N4O2S. The van der Waals surface area contributed by atoms with Crippen LogP contribution in [-0.2, 0) is 16.1 Å². The second-order valence-corrected chi connectivity index (χ2v) is 7.27. The van der Waals surface area contributed by atoms with E-state index in [1.807, 2.05) is 25.1 Å². The van der Waals surface area contributed by atoms with E-state index >= 15 is 0 Å². The number of ether oxygens (including phenoxy) is 1. The van der Waals surface area contributed by atoms with Gasteiger partial charge >= 0.3 is 5.97 Å². The molecule has 134 valence electrons. The van der Waals surface area contributed by atoms with Crippen LogP contribution in [-0.4, -0.2) is 20.9 Å². The standard InChI is InChI=1S/C19H20N4O2S/c1-11-7-12(2)9-15(8-11)21-19-20-6-5-16(23-19)18-22-17(13(3)26-18)10-25-14(4)24/h5-9H,10H2,1-4H3,(H,20,21,23). The van der Waals surface area contributed by atoms with Gasteiger partial charge in [0, 0.05) is 23.7 Å². The minimum absolute atomic E-state index is 0.177. The zero-order valence-electron chi connectivity index (χ0n) is 15.2. The van der Waals surface area contributed by atoms with E-state index in [2.05, 4.69) is 40.2 Å². The molecule has 0 aliphatic rings. The topological polar surface area (TPSA) is 77.0 Å². The number of aryl methyl sites for hydroxylation is 3. The number of esters is 1. The summed E-state index contributed by atoms with van der Waals surface area (Å²) >= 11 is 1.52. The smallest absolute Gasteiger partial charge is 0.303 e. The van der Waals surface area contributed by atoms with Crippen molar-refractivity contribution in [3.8, 4) is 10.7 Å². The van der Waals surface area contributed by atoms with Crippen molar-refractivity contribution in [2.45, 2.75) is 34.3 Å². The molecule has 2 aromatic heterocycles. The van der Waals surface area contributed by atoms with Gasteiger partial charge in [0.15, 0.2) is 0 Å². The molecule has 26 heavy (non-hydrogen) atoms. The molecule has 3 rings (SSSR count). The Morgan fingerprint density at radius 3 is 2.58 bits per heavy atom. The Bertz CT molecular complexity index is 932. The second-order valence-electron chi connectivity index (χ2n) is 6.07. The maximum Gasteiger partial charge on any atom is 0.303 e. The molecule has 0 saturated carbocycles. The van der Waals surface area contributed by atoms with Crippen LogP contribution < -0.4 is 5.32 Å². The molecule has 0 unspecified atom stereocenters. The normalized spacial score (nSPS) is 10.6. The number of hydrogen-bond donors (Lipinski definition) is 1. The van der Waals surface area contributed by atoms with Crippen LogP contribution in [0.3, 0.4) is 0 Å². The summed E-state index contributed by atoms with van der Waals surface area (Å²) in [6, 6.07) is 8.04. The predicted octanol–water partition coefficient (Wildman–Crippen LogP) is 4.33. The molecule has 1 N–H and O–H groups in total. The fraction of sp³-hybridized carbons (Fsp3) is 0.263. The van der Waals surface area contributed by atoms with E-state index < -0.39 is 0 Å². The minimum Gasteiger partial charge on any atom is -0.459 e. The van der Waals surface area contributed by atoms with E-state index in [-0.39, 0.29) is 12.6 Å². The first-order chi connectivity index (χ1) is 12.4. The molecule has 0 radical (unpaired) electrons. The molecule has 6 nitrogen and oxygen atoms in total. The summed E-state index contributed by atoms with van der Waals surface area (Å²) in [6.07, 6.45) is 1.70. The summed E-state index contributed by atoms with van der Waals surface area (Å²) in [5.74, 6) is 0.197. The highest BCUT2D eigenvalue weighted by atomic mass is 32.1. The molecule has 0 fully saturated rings. The van der Waals surface area contributed by atoms with Crippen molar-refractivity contribution in [1.82, 2.24) is 15.0 Å². The van der Waals surface area contributed by atoms with Gasteiger partial charge in [0.2, 0.25) is 5.95 Å². The fourth-order valence-electron chi connectivity index (χ4n) is 2.56. The van der Waals surface area contributed by atoms with E-state index in [4.69, 9.17) is 4.74 Å². The summed E-state index contributed by atoms with van der Waals surface area (Å²) in [6.45, 7) is 7.63. The third-order valence-corrected chi connectivity index (χ3v) is 4.69. The molecule has 0 aliphatic heterocycles. The number of thiazole rings is 1. The van der Waals surface area contributed by atoms with Crippen molar-refractivity contribution < 1.29 is 9.53 Å². The Kier molecular flexibility index (Phi) is 5.27. The van der Waals surface area contributed by atoms with Crippen LogP contribution in [0.15, 0.2) is 30.5 Å². The van der Waals surface area contributed by atoms with Gasteiger partial charge in [0.25, 0.3) is 0 Å². The Morgan fingerprint density at radius 2 is 1.88 bits per heavy atom. The van der Waals surface area contributed by atoms with Crippen molar-refractivity contribution in [2.75, 3.05) is 5.32 Å². The van der Waals surface area contributed by atoms with Crippen LogP contribution in [0.5, 0.6) is 0 Å². The summed E-state index contributed by atoms with van der Waals surface area (Å²) in [4.78, 5) is 25.4. The highest BCUT2D eigenvalue weighted by Gasteiger charge is 2.12. The molecule has 0 atom stereocenters. The maximum atomic E-state index is 11.0. The summed E-state index contributed by atoms with van der Waals surface area (Å²) in [5, 5.41) is 4.02. The van der Waals surface area contributed by atoms with Crippen LogP contribution in [0.25, 0.3) is 10.7 Å². The molecule has 0 amide bonds. The molecule has 7 heteroatoms. The lowest BCUT2D eigenvalue weighted by Gasteiger charge is -2.07. The summed E-state index contributed by atoms with van der Waals surface area (Å²) in [5.41, 5.74) is 4.78. The summed E-state index contributed by atoms with van der Waals surface area (Å²) in [7, 11) is 0. The van der Waals surface area contributed by atoms with E-state index in [0.29, 0.717) is 5.95 Å². The number of rotatable bonds is 5. The van der Waals surface area contributed by atoms with Crippen molar-refractivity contribution >= 4 is 28.9 Å².